The largest absolute Gasteiger partial charge is 0.493 e. The number of guanidine groups is 1. The van der Waals surface area contributed by atoms with Crippen molar-refractivity contribution in [3.63, 3.8) is 0 Å². The van der Waals surface area contributed by atoms with Crippen LogP contribution < -0.4 is 20.1 Å². The van der Waals surface area contributed by atoms with Crippen LogP contribution in [0.25, 0.3) is 0 Å². The van der Waals surface area contributed by atoms with Gasteiger partial charge in [0.15, 0.2) is 17.5 Å². The monoisotopic (exact) mass is 495 g/mol. The Bertz CT molecular complexity index is 768. The minimum atomic E-state index is 0. The number of aliphatic imine (C=N–C) groups is 1. The topological polar surface area (TPSA) is 54.9 Å². The molecule has 2 aromatic carbocycles. The highest BCUT2D eigenvalue weighted by Gasteiger charge is 2.37. The summed E-state index contributed by atoms with van der Waals surface area (Å²) in [7, 11) is 3.29. The van der Waals surface area contributed by atoms with Gasteiger partial charge in [0, 0.05) is 13.1 Å². The van der Waals surface area contributed by atoms with Gasteiger partial charge in [-0.05, 0) is 48.4 Å². The van der Waals surface area contributed by atoms with E-state index in [1.165, 1.54) is 12.0 Å². The number of nitrogens with zero attached hydrogens (tertiary/aromatic N) is 1. The first-order chi connectivity index (χ1) is 13.2. The third kappa shape index (κ3) is 6.02. The second-order valence-electron chi connectivity index (χ2n) is 6.78. The molecule has 0 saturated heterocycles. The number of methoxy groups -OCH3 is 2. The van der Waals surface area contributed by atoms with Crippen LogP contribution in [0.4, 0.5) is 0 Å². The molecule has 1 saturated carbocycles. The number of halogens is 1. The Morgan fingerprint density at radius 1 is 1.04 bits per heavy atom. The minimum Gasteiger partial charge on any atom is -0.493 e. The van der Waals surface area contributed by atoms with Crippen LogP contribution in [0.5, 0.6) is 11.5 Å². The molecule has 0 spiro atoms. The van der Waals surface area contributed by atoms with E-state index >= 15 is 0 Å². The molecule has 6 heteroatoms. The molecule has 1 aliphatic carbocycles. The Labute approximate surface area is 184 Å². The van der Waals surface area contributed by atoms with Crippen LogP contribution in [0.3, 0.4) is 0 Å². The molecule has 0 aromatic heterocycles. The van der Waals surface area contributed by atoms with Crippen molar-refractivity contribution in [2.45, 2.75) is 25.8 Å². The Hall–Kier alpha value is -1.96. The van der Waals surface area contributed by atoms with Crippen molar-refractivity contribution in [1.82, 2.24) is 10.6 Å². The number of hydrogen-bond acceptors (Lipinski definition) is 3. The molecule has 0 aliphatic heterocycles. The Morgan fingerprint density at radius 3 is 2.46 bits per heavy atom. The average Bonchev–Trinajstić information content (AvgIpc) is 3.50. The zero-order valence-corrected chi connectivity index (χ0v) is 19.1. The van der Waals surface area contributed by atoms with Gasteiger partial charge in [0.2, 0.25) is 0 Å². The molecular weight excluding hydrogens is 465 g/mol. The van der Waals surface area contributed by atoms with Gasteiger partial charge in [-0.1, -0.05) is 36.4 Å². The lowest BCUT2D eigenvalue weighted by Gasteiger charge is -2.12. The van der Waals surface area contributed by atoms with Gasteiger partial charge in [-0.3, -0.25) is 0 Å². The molecule has 0 heterocycles. The van der Waals surface area contributed by atoms with E-state index in [0.29, 0.717) is 18.4 Å². The lowest BCUT2D eigenvalue weighted by atomic mass is 10.1. The van der Waals surface area contributed by atoms with Crippen LogP contribution in [0.1, 0.15) is 30.4 Å². The summed E-state index contributed by atoms with van der Waals surface area (Å²) in [5.74, 6) is 3.67. The molecule has 2 unspecified atom stereocenters. The van der Waals surface area contributed by atoms with Crippen LogP contribution in [0.15, 0.2) is 53.5 Å². The summed E-state index contributed by atoms with van der Waals surface area (Å²) in [6.07, 6.45) is 1.24. The molecule has 0 bridgehead atoms. The van der Waals surface area contributed by atoms with Gasteiger partial charge in [0.1, 0.15) is 0 Å². The molecule has 1 fully saturated rings. The normalized spacial score (nSPS) is 18.0. The van der Waals surface area contributed by atoms with Gasteiger partial charge in [0.25, 0.3) is 0 Å². The number of hydrogen-bond donors (Lipinski definition) is 2. The molecule has 2 atom stereocenters. The summed E-state index contributed by atoms with van der Waals surface area (Å²) < 4.78 is 10.7. The molecule has 0 radical (unpaired) electrons. The van der Waals surface area contributed by atoms with Crippen LogP contribution in [0.2, 0.25) is 0 Å². The maximum absolute atomic E-state index is 5.37. The maximum atomic E-state index is 5.37. The predicted octanol–water partition coefficient (Wildman–Crippen LogP) is 4.18. The second-order valence-corrected chi connectivity index (χ2v) is 6.78. The maximum Gasteiger partial charge on any atom is 0.191 e. The van der Waals surface area contributed by atoms with Crippen LogP contribution >= 0.6 is 24.0 Å². The minimum absolute atomic E-state index is 0. The average molecular weight is 495 g/mol. The Morgan fingerprint density at radius 2 is 1.79 bits per heavy atom. The lowest BCUT2D eigenvalue weighted by molar-refractivity contribution is 0.354. The lowest BCUT2D eigenvalue weighted by Crippen LogP contribution is -2.38. The molecule has 28 heavy (non-hydrogen) atoms. The van der Waals surface area contributed by atoms with Crippen LogP contribution in [0, 0.1) is 5.92 Å². The molecule has 5 nitrogen and oxygen atoms in total. The molecule has 152 valence electrons. The zero-order valence-electron chi connectivity index (χ0n) is 16.8. The van der Waals surface area contributed by atoms with Gasteiger partial charge in [-0.2, -0.15) is 0 Å². The van der Waals surface area contributed by atoms with E-state index in [1.807, 2.05) is 18.2 Å². The van der Waals surface area contributed by atoms with Crippen molar-refractivity contribution in [3.8, 4) is 11.5 Å². The fourth-order valence-electron chi connectivity index (χ4n) is 3.30. The highest BCUT2D eigenvalue weighted by Crippen LogP contribution is 2.46. The van der Waals surface area contributed by atoms with E-state index in [9.17, 15) is 0 Å². The van der Waals surface area contributed by atoms with Crippen molar-refractivity contribution < 1.29 is 9.47 Å². The summed E-state index contributed by atoms with van der Waals surface area (Å²) in [6, 6.07) is 16.7. The van der Waals surface area contributed by atoms with Crippen molar-refractivity contribution in [2.24, 2.45) is 10.9 Å². The smallest absolute Gasteiger partial charge is 0.191 e. The number of rotatable bonds is 8. The van der Waals surface area contributed by atoms with Crippen LogP contribution in [-0.4, -0.2) is 33.3 Å². The third-order valence-corrected chi connectivity index (χ3v) is 4.89. The highest BCUT2D eigenvalue weighted by molar-refractivity contribution is 14.0. The Kier molecular flexibility index (Phi) is 8.89. The first-order valence-electron chi connectivity index (χ1n) is 9.53. The second kappa shape index (κ2) is 11.1. The molecule has 3 rings (SSSR count). The molecule has 2 aromatic rings. The predicted molar refractivity (Wildman–Crippen MR) is 125 cm³/mol. The van der Waals surface area contributed by atoms with Gasteiger partial charge in [-0.15, -0.1) is 24.0 Å². The quantitative estimate of drug-likeness (QED) is 0.328. The van der Waals surface area contributed by atoms with Crippen LogP contribution in [-0.2, 0) is 6.54 Å². The van der Waals surface area contributed by atoms with Crippen molar-refractivity contribution in [3.05, 3.63) is 59.7 Å². The first kappa shape index (κ1) is 22.3. The van der Waals surface area contributed by atoms with Crippen molar-refractivity contribution in [2.75, 3.05) is 27.3 Å². The summed E-state index contributed by atoms with van der Waals surface area (Å²) in [5, 5.41) is 6.81. The van der Waals surface area contributed by atoms with Crippen molar-refractivity contribution in [1.29, 1.82) is 0 Å². The summed E-state index contributed by atoms with van der Waals surface area (Å²) >= 11 is 0. The summed E-state index contributed by atoms with van der Waals surface area (Å²) in [4.78, 5) is 4.71. The van der Waals surface area contributed by atoms with Crippen molar-refractivity contribution >= 4 is 29.9 Å². The summed E-state index contributed by atoms with van der Waals surface area (Å²) in [5.41, 5.74) is 2.52. The number of nitrogens with one attached hydrogen (secondary N) is 2. The zero-order chi connectivity index (χ0) is 19.1. The standard InChI is InChI=1S/C22H29N3O2.HI/c1-4-23-22(24-14-16-10-11-20(26-2)21(12-16)27-3)25-15-18-13-19(18)17-8-6-5-7-9-17;/h5-12,18-19H,4,13-15H2,1-3H3,(H2,23,24,25);1H. The SMILES string of the molecule is CCNC(=NCc1ccc(OC)c(OC)c1)NCC1CC1c1ccccc1.I. The molecule has 0 amide bonds. The molecular formula is C22H30IN3O2. The molecule has 1 aliphatic rings. The first-order valence-corrected chi connectivity index (χ1v) is 9.53. The fourth-order valence-corrected chi connectivity index (χ4v) is 3.30. The highest BCUT2D eigenvalue weighted by atomic mass is 127. The number of benzene rings is 2. The Balaban J connectivity index is 0.00000280. The van der Waals surface area contributed by atoms with E-state index in [4.69, 9.17) is 14.5 Å². The van der Waals surface area contributed by atoms with Gasteiger partial charge >= 0.3 is 0 Å². The van der Waals surface area contributed by atoms with E-state index in [-0.39, 0.29) is 24.0 Å². The number of ether oxygens (including phenoxy) is 2. The van der Waals surface area contributed by atoms with E-state index in [0.717, 1.165) is 36.1 Å². The summed E-state index contributed by atoms with van der Waals surface area (Å²) in [6.45, 7) is 4.45. The van der Waals surface area contributed by atoms with Gasteiger partial charge in [0.05, 0.1) is 20.8 Å². The van der Waals surface area contributed by atoms with E-state index < -0.39 is 0 Å². The van der Waals surface area contributed by atoms with Gasteiger partial charge in [-0.25, -0.2) is 4.99 Å². The third-order valence-electron chi connectivity index (χ3n) is 4.89. The van der Waals surface area contributed by atoms with E-state index in [2.05, 4.69) is 47.9 Å². The molecule has 2 N–H and O–H groups in total. The van der Waals surface area contributed by atoms with Gasteiger partial charge < -0.3 is 20.1 Å². The fraction of sp³-hybridized carbons (Fsp3) is 0.409. The van der Waals surface area contributed by atoms with E-state index in [1.54, 1.807) is 14.2 Å².